The first-order valence-corrected chi connectivity index (χ1v) is 6.47. The first-order chi connectivity index (χ1) is 10.5. The number of fused-ring (bicyclic) bond motifs is 1. The van der Waals surface area contributed by atoms with Crippen molar-refractivity contribution in [3.8, 4) is 5.75 Å². The van der Waals surface area contributed by atoms with Crippen LogP contribution in [0.5, 0.6) is 5.75 Å². The molecule has 0 fully saturated rings. The first kappa shape index (κ1) is 13.9. The van der Waals surface area contributed by atoms with E-state index in [1.165, 1.54) is 18.2 Å². The minimum atomic E-state index is -1.12. The maximum Gasteiger partial charge on any atom is 0.357 e. The molecule has 2 aromatic carbocycles. The molecular weight excluding hydrogens is 289 g/mol. The predicted molar refractivity (Wildman–Crippen MR) is 78.4 cm³/mol. The lowest BCUT2D eigenvalue weighted by Gasteiger charge is -2.08. The van der Waals surface area contributed by atoms with E-state index in [2.05, 4.69) is 15.5 Å². The number of hydrogen-bond acceptors (Lipinski definition) is 4. The van der Waals surface area contributed by atoms with Gasteiger partial charge in [-0.2, -0.15) is 5.10 Å². The van der Waals surface area contributed by atoms with Crippen LogP contribution in [0, 0.1) is 5.82 Å². The van der Waals surface area contributed by atoms with Gasteiger partial charge in [0.2, 0.25) is 0 Å². The molecule has 0 bridgehead atoms. The van der Waals surface area contributed by atoms with Crippen molar-refractivity contribution in [3.63, 3.8) is 0 Å². The smallest absolute Gasteiger partial charge is 0.357 e. The van der Waals surface area contributed by atoms with Crippen molar-refractivity contribution in [1.29, 1.82) is 0 Å². The zero-order chi connectivity index (χ0) is 15.7. The summed E-state index contributed by atoms with van der Waals surface area (Å²) in [4.78, 5) is 11.1. The number of carbonyl (C=O) groups is 1. The summed E-state index contributed by atoms with van der Waals surface area (Å²) in [7, 11) is 0. The van der Waals surface area contributed by atoms with Crippen molar-refractivity contribution >= 4 is 22.6 Å². The van der Waals surface area contributed by atoms with Crippen molar-refractivity contribution in [1.82, 2.24) is 10.2 Å². The SMILES string of the molecule is O=C(O)c1n[nH]c2ccc(NCc3cc(F)ccc3O)cc12. The number of nitrogens with one attached hydrogen (secondary N) is 2. The number of carboxylic acids is 1. The highest BCUT2D eigenvalue weighted by Gasteiger charge is 2.13. The minimum absolute atomic E-state index is 0.00971. The fraction of sp³-hybridized carbons (Fsp3) is 0.0667. The maximum absolute atomic E-state index is 13.2. The number of rotatable bonds is 4. The van der Waals surface area contributed by atoms with Gasteiger partial charge in [0.25, 0.3) is 0 Å². The van der Waals surface area contributed by atoms with E-state index in [9.17, 15) is 14.3 Å². The Morgan fingerprint density at radius 2 is 2.09 bits per heavy atom. The molecule has 0 spiro atoms. The van der Waals surface area contributed by atoms with E-state index in [1.807, 2.05) is 0 Å². The summed E-state index contributed by atoms with van der Waals surface area (Å²) in [6.45, 7) is 0.204. The first-order valence-electron chi connectivity index (χ1n) is 6.47. The van der Waals surface area contributed by atoms with Crippen LogP contribution in [0.25, 0.3) is 10.9 Å². The van der Waals surface area contributed by atoms with Gasteiger partial charge < -0.3 is 15.5 Å². The molecule has 0 saturated carbocycles. The number of halogens is 1. The predicted octanol–water partition coefficient (Wildman–Crippen LogP) is 2.72. The molecule has 0 aliphatic rings. The van der Waals surface area contributed by atoms with Crippen LogP contribution in [-0.4, -0.2) is 26.4 Å². The van der Waals surface area contributed by atoms with Crippen molar-refractivity contribution in [2.45, 2.75) is 6.54 Å². The van der Waals surface area contributed by atoms with Gasteiger partial charge in [-0.1, -0.05) is 0 Å². The molecule has 0 atom stereocenters. The average Bonchev–Trinajstić information content (AvgIpc) is 2.91. The number of phenols is 1. The molecule has 1 heterocycles. The molecule has 6 nitrogen and oxygen atoms in total. The van der Waals surface area contributed by atoms with Gasteiger partial charge in [0, 0.05) is 23.2 Å². The van der Waals surface area contributed by atoms with Gasteiger partial charge in [0.05, 0.1) is 5.52 Å². The Bertz CT molecular complexity index is 860. The molecule has 0 aliphatic heterocycles. The van der Waals surface area contributed by atoms with Gasteiger partial charge in [0.15, 0.2) is 5.69 Å². The summed E-state index contributed by atoms with van der Waals surface area (Å²) >= 11 is 0. The van der Waals surface area contributed by atoms with E-state index in [1.54, 1.807) is 18.2 Å². The molecule has 3 aromatic rings. The van der Waals surface area contributed by atoms with Crippen LogP contribution in [0.2, 0.25) is 0 Å². The number of benzene rings is 2. The second-order valence-corrected chi connectivity index (χ2v) is 4.76. The summed E-state index contributed by atoms with van der Waals surface area (Å²) in [6.07, 6.45) is 0. The number of aromatic amines is 1. The monoisotopic (exact) mass is 301 g/mol. The van der Waals surface area contributed by atoms with Crippen molar-refractivity contribution in [2.24, 2.45) is 0 Å². The number of aromatic carboxylic acids is 1. The Kier molecular flexibility index (Phi) is 3.38. The number of H-pyrrole nitrogens is 1. The molecule has 112 valence electrons. The lowest BCUT2D eigenvalue weighted by molar-refractivity contribution is 0.0692. The van der Waals surface area contributed by atoms with E-state index in [0.717, 1.165) is 0 Å². The number of aromatic nitrogens is 2. The highest BCUT2D eigenvalue weighted by Crippen LogP contribution is 2.23. The van der Waals surface area contributed by atoms with Gasteiger partial charge in [-0.05, 0) is 36.4 Å². The quantitative estimate of drug-likeness (QED) is 0.594. The van der Waals surface area contributed by atoms with Gasteiger partial charge in [-0.3, -0.25) is 5.10 Å². The van der Waals surface area contributed by atoms with Gasteiger partial charge in [-0.15, -0.1) is 0 Å². The van der Waals surface area contributed by atoms with Crippen molar-refractivity contribution < 1.29 is 19.4 Å². The van der Waals surface area contributed by atoms with Crippen LogP contribution in [-0.2, 0) is 6.54 Å². The summed E-state index contributed by atoms with van der Waals surface area (Å²) < 4.78 is 13.2. The van der Waals surface area contributed by atoms with Crippen LogP contribution >= 0.6 is 0 Å². The zero-order valence-electron chi connectivity index (χ0n) is 11.3. The maximum atomic E-state index is 13.2. The lowest BCUT2D eigenvalue weighted by atomic mass is 10.1. The standard InChI is InChI=1S/C15H12FN3O3/c16-9-1-4-13(20)8(5-9)7-17-10-2-3-12-11(6-10)14(15(21)22)19-18-12/h1-6,17,20H,7H2,(H,18,19)(H,21,22). The molecule has 0 radical (unpaired) electrons. The highest BCUT2D eigenvalue weighted by atomic mass is 19.1. The van der Waals surface area contributed by atoms with Crippen molar-refractivity contribution in [2.75, 3.05) is 5.32 Å². The van der Waals surface area contributed by atoms with Gasteiger partial charge in [0.1, 0.15) is 11.6 Å². The molecule has 1 aromatic heterocycles. The number of carboxylic acid groups (broad SMARTS) is 1. The Balaban J connectivity index is 1.86. The van der Waals surface area contributed by atoms with E-state index < -0.39 is 11.8 Å². The largest absolute Gasteiger partial charge is 0.508 e. The Hall–Kier alpha value is -3.09. The Labute approximate surface area is 124 Å². The normalized spacial score (nSPS) is 10.8. The Morgan fingerprint density at radius 1 is 1.27 bits per heavy atom. The van der Waals surface area contributed by atoms with E-state index in [-0.39, 0.29) is 18.0 Å². The molecule has 0 aliphatic carbocycles. The van der Waals surface area contributed by atoms with Gasteiger partial charge >= 0.3 is 5.97 Å². The molecule has 0 saturated heterocycles. The van der Waals surface area contributed by atoms with Crippen molar-refractivity contribution in [3.05, 3.63) is 53.5 Å². The summed E-state index contributed by atoms with van der Waals surface area (Å²) in [5, 5.41) is 28.6. The Morgan fingerprint density at radius 3 is 2.86 bits per heavy atom. The van der Waals surface area contributed by atoms with Crippen LogP contribution in [0.4, 0.5) is 10.1 Å². The molecule has 4 N–H and O–H groups in total. The summed E-state index contributed by atoms with van der Waals surface area (Å²) in [5.41, 5.74) is 1.59. The minimum Gasteiger partial charge on any atom is -0.508 e. The van der Waals surface area contributed by atoms with E-state index >= 15 is 0 Å². The molecular formula is C15H12FN3O3. The van der Waals surface area contributed by atoms with Gasteiger partial charge in [-0.25, -0.2) is 9.18 Å². The average molecular weight is 301 g/mol. The molecule has 3 rings (SSSR count). The second-order valence-electron chi connectivity index (χ2n) is 4.76. The van der Waals surface area contributed by atoms with Crippen LogP contribution in [0.15, 0.2) is 36.4 Å². The second kappa shape index (κ2) is 5.36. The molecule has 0 unspecified atom stereocenters. The number of nitrogens with zero attached hydrogens (tertiary/aromatic N) is 1. The van der Waals surface area contributed by atoms with E-state index in [0.29, 0.717) is 22.2 Å². The number of aromatic hydroxyl groups is 1. The third-order valence-electron chi connectivity index (χ3n) is 3.29. The lowest BCUT2D eigenvalue weighted by Crippen LogP contribution is -2.01. The molecule has 0 amide bonds. The van der Waals surface area contributed by atoms with Crippen LogP contribution in [0.3, 0.4) is 0 Å². The third-order valence-corrected chi connectivity index (χ3v) is 3.29. The molecule has 7 heteroatoms. The topological polar surface area (TPSA) is 98.2 Å². The van der Waals surface area contributed by atoms with Crippen LogP contribution < -0.4 is 5.32 Å². The number of hydrogen-bond donors (Lipinski definition) is 4. The third kappa shape index (κ3) is 2.56. The number of phenolic OH excluding ortho intramolecular Hbond substituents is 1. The fourth-order valence-electron chi connectivity index (χ4n) is 2.18. The number of anilines is 1. The zero-order valence-corrected chi connectivity index (χ0v) is 11.3. The molecule has 22 heavy (non-hydrogen) atoms. The highest BCUT2D eigenvalue weighted by molar-refractivity contribution is 6.01. The fourth-order valence-corrected chi connectivity index (χ4v) is 2.18. The van der Waals surface area contributed by atoms with E-state index in [4.69, 9.17) is 5.11 Å². The summed E-state index contributed by atoms with van der Waals surface area (Å²) in [6, 6.07) is 8.77. The van der Waals surface area contributed by atoms with Crippen LogP contribution in [0.1, 0.15) is 16.1 Å². The summed E-state index contributed by atoms with van der Waals surface area (Å²) in [5.74, 6) is -1.57.